The molecule has 3 aromatic rings. The van der Waals surface area contributed by atoms with Crippen molar-refractivity contribution in [2.75, 3.05) is 12.4 Å². The fourth-order valence-corrected chi connectivity index (χ4v) is 2.15. The van der Waals surface area contributed by atoms with Gasteiger partial charge in [-0.05, 0) is 12.1 Å². The summed E-state index contributed by atoms with van der Waals surface area (Å²) in [6.45, 7) is 0.415. The van der Waals surface area contributed by atoms with Crippen molar-refractivity contribution in [1.29, 1.82) is 0 Å². The molecule has 0 saturated carbocycles. The molecule has 0 unspecified atom stereocenters. The van der Waals surface area contributed by atoms with E-state index >= 15 is 0 Å². The molecule has 3 rings (SSSR count). The Morgan fingerprint density at radius 3 is 2.95 bits per heavy atom. The molecular weight excluding hydrogens is 266 g/mol. The molecule has 0 spiro atoms. The smallest absolute Gasteiger partial charge is 0.270 e. The van der Waals surface area contributed by atoms with Crippen LogP contribution in [0.1, 0.15) is 16.1 Å². The molecule has 0 bridgehead atoms. The molecule has 106 valence electrons. The molecular formula is C15H15N5O. The Morgan fingerprint density at radius 1 is 1.33 bits per heavy atom. The highest BCUT2D eigenvalue weighted by Gasteiger charge is 2.11. The first-order valence-electron chi connectivity index (χ1n) is 6.61. The fraction of sp³-hybridized carbons (Fsp3) is 0.133. The van der Waals surface area contributed by atoms with Gasteiger partial charge in [0.05, 0.1) is 11.7 Å². The monoisotopic (exact) mass is 281 g/mol. The molecule has 0 aliphatic heterocycles. The van der Waals surface area contributed by atoms with Crippen molar-refractivity contribution in [3.05, 3.63) is 54.0 Å². The Balaban J connectivity index is 1.87. The second-order valence-electron chi connectivity index (χ2n) is 4.61. The van der Waals surface area contributed by atoms with Gasteiger partial charge in [0.25, 0.3) is 5.91 Å². The molecule has 1 aromatic carbocycles. The molecule has 1 amide bonds. The van der Waals surface area contributed by atoms with E-state index in [-0.39, 0.29) is 5.91 Å². The van der Waals surface area contributed by atoms with Gasteiger partial charge in [0.1, 0.15) is 5.69 Å². The van der Waals surface area contributed by atoms with E-state index in [2.05, 4.69) is 25.8 Å². The van der Waals surface area contributed by atoms with Crippen LogP contribution < -0.4 is 10.6 Å². The van der Waals surface area contributed by atoms with E-state index in [1.807, 2.05) is 31.3 Å². The highest BCUT2D eigenvalue weighted by atomic mass is 16.1. The predicted octanol–water partition coefficient (Wildman–Crippen LogP) is 1.93. The third-order valence-corrected chi connectivity index (χ3v) is 3.23. The molecule has 0 radical (unpaired) electrons. The number of nitrogens with zero attached hydrogens (tertiary/aromatic N) is 2. The molecule has 0 saturated heterocycles. The van der Waals surface area contributed by atoms with Crippen molar-refractivity contribution >= 4 is 22.5 Å². The second-order valence-corrected chi connectivity index (χ2v) is 4.61. The van der Waals surface area contributed by atoms with Gasteiger partial charge in [-0.2, -0.15) is 5.10 Å². The Labute approximate surface area is 121 Å². The normalized spacial score (nSPS) is 10.5. The topological polar surface area (TPSA) is 82.7 Å². The van der Waals surface area contributed by atoms with E-state index in [1.165, 1.54) is 0 Å². The van der Waals surface area contributed by atoms with Crippen molar-refractivity contribution in [3.63, 3.8) is 0 Å². The summed E-state index contributed by atoms with van der Waals surface area (Å²) in [6.07, 6.45) is 3.42. The number of pyridine rings is 1. The highest BCUT2D eigenvalue weighted by molar-refractivity contribution is 5.99. The van der Waals surface area contributed by atoms with Crippen LogP contribution in [0.5, 0.6) is 0 Å². The number of para-hydroxylation sites is 1. The lowest BCUT2D eigenvalue weighted by Gasteiger charge is -2.09. The van der Waals surface area contributed by atoms with Crippen LogP contribution in [0.4, 0.5) is 5.69 Å². The van der Waals surface area contributed by atoms with Crippen molar-refractivity contribution in [2.45, 2.75) is 6.54 Å². The average Bonchev–Trinajstić information content (AvgIpc) is 3.04. The molecule has 21 heavy (non-hydrogen) atoms. The minimum Gasteiger partial charge on any atom is -0.388 e. The van der Waals surface area contributed by atoms with Crippen molar-refractivity contribution in [3.8, 4) is 0 Å². The summed E-state index contributed by atoms with van der Waals surface area (Å²) >= 11 is 0. The van der Waals surface area contributed by atoms with Gasteiger partial charge >= 0.3 is 0 Å². The largest absolute Gasteiger partial charge is 0.388 e. The van der Waals surface area contributed by atoms with Crippen LogP contribution in [0.15, 0.2) is 42.7 Å². The van der Waals surface area contributed by atoms with Crippen LogP contribution in [-0.4, -0.2) is 28.1 Å². The summed E-state index contributed by atoms with van der Waals surface area (Å²) < 4.78 is 0. The minimum absolute atomic E-state index is 0.210. The predicted molar refractivity (Wildman–Crippen MR) is 81.0 cm³/mol. The van der Waals surface area contributed by atoms with Gasteiger partial charge in [0.2, 0.25) is 0 Å². The van der Waals surface area contributed by atoms with Crippen molar-refractivity contribution in [1.82, 2.24) is 20.5 Å². The molecule has 6 heteroatoms. The van der Waals surface area contributed by atoms with Crippen LogP contribution in [0.3, 0.4) is 0 Å². The number of hydrogen-bond acceptors (Lipinski definition) is 4. The molecule has 2 heterocycles. The average molecular weight is 281 g/mol. The zero-order chi connectivity index (χ0) is 14.7. The molecule has 0 fully saturated rings. The maximum atomic E-state index is 12.2. The quantitative estimate of drug-likeness (QED) is 0.682. The van der Waals surface area contributed by atoms with Gasteiger partial charge in [-0.1, -0.05) is 18.2 Å². The lowest BCUT2D eigenvalue weighted by molar-refractivity contribution is 0.0946. The van der Waals surface area contributed by atoms with E-state index in [1.54, 1.807) is 18.5 Å². The van der Waals surface area contributed by atoms with E-state index in [4.69, 9.17) is 0 Å². The molecule has 3 N–H and O–H groups in total. The van der Waals surface area contributed by atoms with Crippen LogP contribution in [0.2, 0.25) is 0 Å². The summed E-state index contributed by atoms with van der Waals surface area (Å²) in [5.41, 5.74) is 2.98. The van der Waals surface area contributed by atoms with E-state index in [9.17, 15) is 4.79 Å². The summed E-state index contributed by atoms with van der Waals surface area (Å²) in [5, 5.41) is 13.5. The number of amides is 1. The van der Waals surface area contributed by atoms with E-state index in [0.29, 0.717) is 12.2 Å². The summed E-state index contributed by atoms with van der Waals surface area (Å²) in [6, 6.07) is 9.48. The second kappa shape index (κ2) is 5.62. The first kappa shape index (κ1) is 13.1. The van der Waals surface area contributed by atoms with Crippen LogP contribution >= 0.6 is 0 Å². The maximum absolute atomic E-state index is 12.2. The minimum atomic E-state index is -0.210. The van der Waals surface area contributed by atoms with Gasteiger partial charge in [0, 0.05) is 36.4 Å². The number of carbonyl (C=O) groups excluding carboxylic acids is 1. The van der Waals surface area contributed by atoms with Crippen molar-refractivity contribution < 1.29 is 4.79 Å². The molecule has 0 aliphatic carbocycles. The Bertz CT molecular complexity index is 767. The number of aromatic nitrogens is 3. The summed E-state index contributed by atoms with van der Waals surface area (Å²) in [4.78, 5) is 16.6. The first-order valence-corrected chi connectivity index (χ1v) is 6.61. The van der Waals surface area contributed by atoms with Gasteiger partial charge in [-0.25, -0.2) is 4.98 Å². The third kappa shape index (κ3) is 2.69. The third-order valence-electron chi connectivity index (χ3n) is 3.23. The number of aromatic amines is 1. The van der Waals surface area contributed by atoms with Crippen LogP contribution in [-0.2, 0) is 6.54 Å². The Hall–Kier alpha value is -2.89. The van der Waals surface area contributed by atoms with E-state index < -0.39 is 0 Å². The number of rotatable bonds is 4. The Kier molecular flexibility index (Phi) is 3.51. The molecule has 0 atom stereocenters. The maximum Gasteiger partial charge on any atom is 0.270 e. The number of anilines is 1. The standard InChI is InChI=1S/C15H15N5O/c1-16-13-6-14(20-12-5-3-2-4-11(12)13)15(21)17-7-10-8-18-19-9-10/h2-6,8-9H,7H2,1H3,(H,16,20)(H,17,21)(H,18,19). The number of H-pyrrole nitrogens is 1. The summed E-state index contributed by atoms with van der Waals surface area (Å²) in [5.74, 6) is -0.210. The summed E-state index contributed by atoms with van der Waals surface area (Å²) in [7, 11) is 1.83. The highest BCUT2D eigenvalue weighted by Crippen LogP contribution is 2.22. The first-order chi connectivity index (χ1) is 10.3. The zero-order valence-electron chi connectivity index (χ0n) is 11.6. The van der Waals surface area contributed by atoms with Gasteiger partial charge in [-0.15, -0.1) is 0 Å². The van der Waals surface area contributed by atoms with Crippen LogP contribution in [0.25, 0.3) is 10.9 Å². The molecule has 0 aliphatic rings. The molecule has 6 nitrogen and oxygen atoms in total. The van der Waals surface area contributed by atoms with Crippen molar-refractivity contribution in [2.24, 2.45) is 0 Å². The molecule has 2 aromatic heterocycles. The lowest BCUT2D eigenvalue weighted by Crippen LogP contribution is -2.23. The van der Waals surface area contributed by atoms with Crippen LogP contribution in [0, 0.1) is 0 Å². The SMILES string of the molecule is CNc1cc(C(=O)NCc2cn[nH]c2)nc2ccccc12. The lowest BCUT2D eigenvalue weighted by atomic mass is 10.1. The fourth-order valence-electron chi connectivity index (χ4n) is 2.15. The van der Waals surface area contributed by atoms with E-state index in [0.717, 1.165) is 22.2 Å². The number of benzene rings is 1. The van der Waals surface area contributed by atoms with Gasteiger partial charge in [-0.3, -0.25) is 9.89 Å². The number of carbonyl (C=O) groups is 1. The number of nitrogens with one attached hydrogen (secondary N) is 3. The Morgan fingerprint density at radius 2 is 2.19 bits per heavy atom. The number of fused-ring (bicyclic) bond motifs is 1. The van der Waals surface area contributed by atoms with Gasteiger partial charge in [0.15, 0.2) is 0 Å². The van der Waals surface area contributed by atoms with Gasteiger partial charge < -0.3 is 10.6 Å². The zero-order valence-corrected chi connectivity index (χ0v) is 11.6. The number of hydrogen-bond donors (Lipinski definition) is 3.